The van der Waals surface area contributed by atoms with Gasteiger partial charge in [-0.1, -0.05) is 43.7 Å². The summed E-state index contributed by atoms with van der Waals surface area (Å²) in [6.07, 6.45) is 2.08. The first-order valence-corrected chi connectivity index (χ1v) is 10.4. The summed E-state index contributed by atoms with van der Waals surface area (Å²) >= 11 is 0. The predicted molar refractivity (Wildman–Crippen MR) is 119 cm³/mol. The van der Waals surface area contributed by atoms with Gasteiger partial charge in [0.25, 0.3) is 5.95 Å². The van der Waals surface area contributed by atoms with E-state index in [1.165, 1.54) is 0 Å². The van der Waals surface area contributed by atoms with Crippen molar-refractivity contribution in [1.29, 1.82) is 0 Å². The van der Waals surface area contributed by atoms with Crippen LogP contribution >= 0.6 is 0 Å². The van der Waals surface area contributed by atoms with Crippen molar-refractivity contribution >= 4 is 16.9 Å². The summed E-state index contributed by atoms with van der Waals surface area (Å²) < 4.78 is 9.44. The second-order valence-electron chi connectivity index (χ2n) is 7.29. The molecule has 0 unspecified atom stereocenters. The number of fused-ring (bicyclic) bond motifs is 1. The summed E-state index contributed by atoms with van der Waals surface area (Å²) in [7, 11) is 1.78. The van der Waals surface area contributed by atoms with Gasteiger partial charge in [0.2, 0.25) is 0 Å². The number of nitrogens with zero attached hydrogens (tertiary/aromatic N) is 7. The molecule has 0 amide bonds. The minimum Gasteiger partial charge on any atom is -0.458 e. The average Bonchev–Trinajstić information content (AvgIpc) is 3.35. The molecule has 160 valence electrons. The zero-order valence-corrected chi connectivity index (χ0v) is 18.0. The summed E-state index contributed by atoms with van der Waals surface area (Å²) in [5, 5.41) is 15.1. The van der Waals surface area contributed by atoms with Gasteiger partial charge in [0, 0.05) is 12.7 Å². The molecule has 0 saturated carbocycles. The monoisotopic (exact) mass is 418 g/mol. The molecular formula is C22H26N8O. The van der Waals surface area contributed by atoms with Crippen LogP contribution in [0.4, 0.5) is 5.82 Å². The first-order valence-electron chi connectivity index (χ1n) is 10.4. The number of tetrazole rings is 1. The molecule has 0 saturated heterocycles. The Kier molecular flexibility index (Phi) is 5.92. The molecular weight excluding hydrogens is 392 g/mol. The molecule has 0 bridgehead atoms. The molecule has 4 rings (SSSR count). The van der Waals surface area contributed by atoms with Crippen LogP contribution in [-0.4, -0.2) is 34.7 Å². The smallest absolute Gasteiger partial charge is 0.305 e. The van der Waals surface area contributed by atoms with E-state index in [1.54, 1.807) is 16.3 Å². The van der Waals surface area contributed by atoms with Crippen molar-refractivity contribution in [3.63, 3.8) is 0 Å². The lowest BCUT2D eigenvalue weighted by Gasteiger charge is -2.17. The minimum atomic E-state index is 0.252. The number of imidazole rings is 1. The normalized spacial score (nSPS) is 11.2. The van der Waals surface area contributed by atoms with Gasteiger partial charge in [-0.05, 0) is 53.5 Å². The maximum Gasteiger partial charge on any atom is 0.305 e. The number of anilines is 1. The first-order chi connectivity index (χ1) is 15.1. The van der Waals surface area contributed by atoms with E-state index in [2.05, 4.69) is 51.2 Å². The summed E-state index contributed by atoms with van der Waals surface area (Å²) in [5.41, 5.74) is 3.41. The predicted octanol–water partition coefficient (Wildman–Crippen LogP) is 3.88. The number of pyridine rings is 1. The number of aryl methyl sites for hydroxylation is 1. The third kappa shape index (κ3) is 4.25. The Labute approximate surface area is 180 Å². The van der Waals surface area contributed by atoms with E-state index < -0.39 is 0 Å². The number of hydrogen-bond donors (Lipinski definition) is 1. The maximum absolute atomic E-state index is 6.07. The van der Waals surface area contributed by atoms with Crippen LogP contribution in [0.3, 0.4) is 0 Å². The van der Waals surface area contributed by atoms with Gasteiger partial charge in [0.15, 0.2) is 0 Å². The molecule has 0 aliphatic heterocycles. The van der Waals surface area contributed by atoms with Crippen LogP contribution in [0.1, 0.15) is 32.4 Å². The van der Waals surface area contributed by atoms with Crippen LogP contribution in [0.25, 0.3) is 17.0 Å². The van der Waals surface area contributed by atoms with E-state index in [9.17, 15) is 0 Å². The number of benzene rings is 1. The maximum atomic E-state index is 6.07. The summed E-state index contributed by atoms with van der Waals surface area (Å²) in [6, 6.07) is 14.0. The zero-order chi connectivity index (χ0) is 21.8. The molecule has 9 nitrogen and oxygen atoms in total. The highest BCUT2D eigenvalue weighted by molar-refractivity contribution is 5.78. The number of ether oxygens (including phenoxy) is 1. The molecule has 3 heterocycles. The largest absolute Gasteiger partial charge is 0.458 e. The van der Waals surface area contributed by atoms with Gasteiger partial charge in [-0.3, -0.25) is 0 Å². The molecule has 31 heavy (non-hydrogen) atoms. The van der Waals surface area contributed by atoms with Crippen LogP contribution in [0.5, 0.6) is 6.01 Å². The second-order valence-corrected chi connectivity index (χ2v) is 7.29. The van der Waals surface area contributed by atoms with Crippen molar-refractivity contribution in [3.8, 4) is 12.0 Å². The Balaban J connectivity index is 1.56. The lowest BCUT2D eigenvalue weighted by atomic mass is 10.0. The molecule has 4 aromatic rings. The lowest BCUT2D eigenvalue weighted by molar-refractivity contribution is 0.272. The lowest BCUT2D eigenvalue weighted by Crippen LogP contribution is -2.11. The number of allylic oxidation sites excluding steroid dienone is 1. The van der Waals surface area contributed by atoms with Crippen molar-refractivity contribution in [2.24, 2.45) is 13.0 Å². The van der Waals surface area contributed by atoms with Gasteiger partial charge in [-0.2, -0.15) is 4.98 Å². The first kappa shape index (κ1) is 20.5. The van der Waals surface area contributed by atoms with Crippen molar-refractivity contribution in [3.05, 3.63) is 60.4 Å². The molecule has 1 N–H and O–H groups in total. The highest BCUT2D eigenvalue weighted by Crippen LogP contribution is 2.25. The molecule has 0 spiro atoms. The van der Waals surface area contributed by atoms with Crippen LogP contribution in [0, 0.1) is 5.92 Å². The van der Waals surface area contributed by atoms with E-state index in [-0.39, 0.29) is 6.61 Å². The van der Waals surface area contributed by atoms with Gasteiger partial charge in [0.05, 0.1) is 16.7 Å². The summed E-state index contributed by atoms with van der Waals surface area (Å²) in [5.74, 6) is 1.69. The van der Waals surface area contributed by atoms with E-state index >= 15 is 0 Å². The van der Waals surface area contributed by atoms with Gasteiger partial charge < -0.3 is 10.1 Å². The quantitative estimate of drug-likeness (QED) is 0.441. The van der Waals surface area contributed by atoms with Crippen molar-refractivity contribution in [1.82, 2.24) is 34.7 Å². The molecule has 0 fully saturated rings. The van der Waals surface area contributed by atoms with Crippen LogP contribution < -0.4 is 10.1 Å². The van der Waals surface area contributed by atoms with E-state index in [0.717, 1.165) is 41.1 Å². The summed E-state index contributed by atoms with van der Waals surface area (Å²) in [6.45, 7) is 8.75. The van der Waals surface area contributed by atoms with Crippen LogP contribution in [-0.2, 0) is 13.7 Å². The van der Waals surface area contributed by atoms with Crippen molar-refractivity contribution in [2.75, 3.05) is 5.32 Å². The molecule has 3 aromatic heterocycles. The number of hydrogen-bond acceptors (Lipinski definition) is 7. The summed E-state index contributed by atoms with van der Waals surface area (Å²) in [4.78, 5) is 9.28. The molecule has 0 atom stereocenters. The molecule has 0 aliphatic rings. The molecule has 0 radical (unpaired) electrons. The number of aromatic nitrogens is 7. The van der Waals surface area contributed by atoms with Crippen LogP contribution in [0.15, 0.2) is 54.7 Å². The topological polar surface area (TPSA) is 95.6 Å². The highest BCUT2D eigenvalue weighted by atomic mass is 16.5. The van der Waals surface area contributed by atoms with Gasteiger partial charge in [-0.15, -0.1) is 0 Å². The van der Waals surface area contributed by atoms with Crippen LogP contribution in [0.2, 0.25) is 0 Å². The Hall–Kier alpha value is -3.75. The fourth-order valence-corrected chi connectivity index (χ4v) is 3.52. The SMILES string of the molecule is C=C(Nc1cccc(COc2nc3ccccc3n2-c2nnnn2C)n1)C(CC)CC. The van der Waals surface area contributed by atoms with Gasteiger partial charge in [-0.25, -0.2) is 14.2 Å². The Bertz CT molecular complexity index is 1190. The molecule has 9 heteroatoms. The standard InChI is InChI=1S/C22H26N8O/c1-5-16(6-2)15(3)23-20-13-9-10-17(24-20)14-31-22-25-18-11-7-8-12-19(18)30(22)21-26-27-28-29(21)4/h7-13,16H,3,5-6,14H2,1-2,4H3,(H,23,24). The molecule has 1 aromatic carbocycles. The third-order valence-electron chi connectivity index (χ3n) is 5.25. The third-order valence-corrected chi connectivity index (χ3v) is 5.25. The van der Waals surface area contributed by atoms with E-state index in [1.807, 2.05) is 42.5 Å². The average molecular weight is 419 g/mol. The minimum absolute atomic E-state index is 0.252. The van der Waals surface area contributed by atoms with E-state index in [4.69, 9.17) is 4.74 Å². The second kappa shape index (κ2) is 8.95. The highest BCUT2D eigenvalue weighted by Gasteiger charge is 2.18. The zero-order valence-electron chi connectivity index (χ0n) is 18.0. The van der Waals surface area contributed by atoms with Crippen molar-refractivity contribution in [2.45, 2.75) is 33.3 Å². The Morgan fingerprint density at radius 2 is 1.90 bits per heavy atom. The number of rotatable bonds is 9. The fraction of sp³-hybridized carbons (Fsp3) is 0.318. The van der Waals surface area contributed by atoms with Gasteiger partial charge in [0.1, 0.15) is 12.4 Å². The fourth-order valence-electron chi connectivity index (χ4n) is 3.52. The van der Waals surface area contributed by atoms with E-state index in [0.29, 0.717) is 17.9 Å². The van der Waals surface area contributed by atoms with Gasteiger partial charge >= 0.3 is 6.01 Å². The molecule has 0 aliphatic carbocycles. The Morgan fingerprint density at radius 3 is 2.65 bits per heavy atom. The number of para-hydroxylation sites is 2. The number of nitrogens with one attached hydrogen (secondary N) is 1. The van der Waals surface area contributed by atoms with Crippen molar-refractivity contribution < 1.29 is 4.74 Å². The Morgan fingerprint density at radius 1 is 1.10 bits per heavy atom.